The first kappa shape index (κ1) is 14.2. The molecule has 106 valence electrons. The first-order chi connectivity index (χ1) is 8.93. The lowest BCUT2D eigenvalue weighted by atomic mass is 10.1. The molecule has 1 fully saturated rings. The van der Waals surface area contributed by atoms with Crippen LogP contribution in [0, 0.1) is 0 Å². The van der Waals surface area contributed by atoms with Gasteiger partial charge in [0.1, 0.15) is 4.90 Å². The van der Waals surface area contributed by atoms with Crippen LogP contribution in [0.25, 0.3) is 0 Å². The van der Waals surface area contributed by atoms with Crippen LogP contribution in [0.2, 0.25) is 0 Å². The predicted octanol–water partition coefficient (Wildman–Crippen LogP) is 0.378. The average Bonchev–Trinajstić information content (AvgIpc) is 2.38. The summed E-state index contributed by atoms with van der Waals surface area (Å²) in [4.78, 5) is 6.09. The summed E-state index contributed by atoms with van der Waals surface area (Å²) in [6.07, 6.45) is 4.68. The second-order valence-corrected chi connectivity index (χ2v) is 6.96. The second-order valence-electron chi connectivity index (χ2n) is 4.99. The van der Waals surface area contributed by atoms with Gasteiger partial charge in [0.05, 0.1) is 5.69 Å². The lowest BCUT2D eigenvalue weighted by molar-refractivity contribution is 0.187. The molecule has 0 aromatic carbocycles. The summed E-state index contributed by atoms with van der Waals surface area (Å²) >= 11 is 0. The Bertz CT molecular complexity index is 546. The van der Waals surface area contributed by atoms with Gasteiger partial charge in [-0.15, -0.1) is 0 Å². The number of nitrogen functional groups attached to an aromatic ring is 1. The van der Waals surface area contributed by atoms with Gasteiger partial charge in [-0.3, -0.25) is 4.98 Å². The zero-order valence-corrected chi connectivity index (χ0v) is 12.1. The lowest BCUT2D eigenvalue weighted by Gasteiger charge is -2.35. The number of anilines is 1. The number of piperidine rings is 1. The maximum Gasteiger partial charge on any atom is 0.246 e. The monoisotopic (exact) mass is 284 g/mol. The summed E-state index contributed by atoms with van der Waals surface area (Å²) in [7, 11) is 0.0481. The van der Waals surface area contributed by atoms with Gasteiger partial charge in [-0.2, -0.15) is 4.31 Å². The van der Waals surface area contributed by atoms with Gasteiger partial charge < -0.3 is 10.6 Å². The molecule has 1 aromatic rings. The topological polar surface area (TPSA) is 79.5 Å². The number of hydrogen-bond acceptors (Lipinski definition) is 5. The van der Waals surface area contributed by atoms with E-state index in [1.54, 1.807) is 7.05 Å². The smallest absolute Gasteiger partial charge is 0.246 e. The van der Waals surface area contributed by atoms with E-state index in [9.17, 15) is 8.42 Å². The van der Waals surface area contributed by atoms with E-state index >= 15 is 0 Å². The molecule has 0 spiro atoms. The molecule has 0 bridgehead atoms. The summed E-state index contributed by atoms with van der Waals surface area (Å²) in [5.41, 5.74) is 5.99. The van der Waals surface area contributed by atoms with Crippen molar-refractivity contribution in [2.75, 3.05) is 32.9 Å². The van der Waals surface area contributed by atoms with E-state index in [-0.39, 0.29) is 16.6 Å². The van der Waals surface area contributed by atoms with Crippen molar-refractivity contribution >= 4 is 15.7 Å². The first-order valence-electron chi connectivity index (χ1n) is 6.29. The Morgan fingerprint density at radius 2 is 2.26 bits per heavy atom. The molecule has 0 radical (unpaired) electrons. The van der Waals surface area contributed by atoms with E-state index in [2.05, 4.69) is 9.88 Å². The number of nitrogens with zero attached hydrogens (tertiary/aromatic N) is 3. The Balaban J connectivity index is 2.27. The molecule has 0 saturated carbocycles. The molecule has 0 amide bonds. The summed E-state index contributed by atoms with van der Waals surface area (Å²) in [6, 6.07) is 1.50. The van der Waals surface area contributed by atoms with Crippen LogP contribution in [0.1, 0.15) is 12.8 Å². The third-order valence-electron chi connectivity index (χ3n) is 3.59. The van der Waals surface area contributed by atoms with E-state index in [0.717, 1.165) is 25.9 Å². The number of likely N-dealkylation sites (tertiary alicyclic amines) is 1. The number of hydrogen-bond donors (Lipinski definition) is 1. The number of nitrogens with two attached hydrogens (primary N) is 1. The van der Waals surface area contributed by atoms with Crippen LogP contribution in [-0.2, 0) is 10.0 Å². The Hall–Kier alpha value is -1.18. The Morgan fingerprint density at radius 3 is 2.89 bits per heavy atom. The van der Waals surface area contributed by atoms with Crippen molar-refractivity contribution in [3.05, 3.63) is 18.5 Å². The summed E-state index contributed by atoms with van der Waals surface area (Å²) in [5.74, 6) is 0. The fourth-order valence-corrected chi connectivity index (χ4v) is 3.83. The Labute approximate surface area is 114 Å². The third-order valence-corrected chi connectivity index (χ3v) is 5.54. The van der Waals surface area contributed by atoms with Crippen LogP contribution >= 0.6 is 0 Å². The minimum atomic E-state index is -3.57. The van der Waals surface area contributed by atoms with Gasteiger partial charge in [0.15, 0.2) is 0 Å². The molecule has 1 aliphatic rings. The molecule has 1 atom stereocenters. The molecule has 7 heteroatoms. The van der Waals surface area contributed by atoms with Gasteiger partial charge in [-0.1, -0.05) is 0 Å². The Morgan fingerprint density at radius 1 is 1.53 bits per heavy atom. The number of pyridine rings is 1. The van der Waals surface area contributed by atoms with Crippen LogP contribution in [0.15, 0.2) is 23.4 Å². The van der Waals surface area contributed by atoms with Crippen molar-refractivity contribution in [1.29, 1.82) is 0 Å². The predicted molar refractivity (Wildman–Crippen MR) is 74.1 cm³/mol. The van der Waals surface area contributed by atoms with E-state index in [1.807, 2.05) is 7.05 Å². The molecule has 1 saturated heterocycles. The van der Waals surface area contributed by atoms with Crippen LogP contribution in [0.4, 0.5) is 5.69 Å². The average molecular weight is 284 g/mol. The maximum atomic E-state index is 12.5. The van der Waals surface area contributed by atoms with Gasteiger partial charge in [0.25, 0.3) is 0 Å². The van der Waals surface area contributed by atoms with Crippen molar-refractivity contribution in [2.24, 2.45) is 0 Å². The zero-order chi connectivity index (χ0) is 14.0. The van der Waals surface area contributed by atoms with Crippen LogP contribution in [0.3, 0.4) is 0 Å². The van der Waals surface area contributed by atoms with Gasteiger partial charge in [0.2, 0.25) is 10.0 Å². The molecule has 2 heterocycles. The van der Waals surface area contributed by atoms with E-state index in [4.69, 9.17) is 5.73 Å². The second kappa shape index (κ2) is 5.44. The van der Waals surface area contributed by atoms with Crippen molar-refractivity contribution in [2.45, 2.75) is 23.8 Å². The molecular weight excluding hydrogens is 264 g/mol. The highest BCUT2D eigenvalue weighted by Gasteiger charge is 2.31. The number of aromatic nitrogens is 1. The van der Waals surface area contributed by atoms with E-state index in [0.29, 0.717) is 0 Å². The van der Waals surface area contributed by atoms with E-state index in [1.165, 1.54) is 22.8 Å². The number of rotatable bonds is 3. The molecule has 2 N–H and O–H groups in total. The van der Waals surface area contributed by atoms with E-state index < -0.39 is 10.0 Å². The highest BCUT2D eigenvalue weighted by atomic mass is 32.2. The van der Waals surface area contributed by atoms with Crippen LogP contribution < -0.4 is 5.73 Å². The standard InChI is InChI=1S/C12H20N4O2S/c1-15-7-3-4-10(9-15)16(2)19(17,18)12-8-14-6-5-11(12)13/h5-6,8,10H,3-4,7,9H2,1-2H3,(H2,13,14). The normalized spacial score (nSPS) is 21.7. The molecule has 1 unspecified atom stereocenters. The van der Waals surface area contributed by atoms with Gasteiger partial charge in [0, 0.05) is 32.0 Å². The minimum absolute atomic E-state index is 0.0108. The third kappa shape index (κ3) is 2.88. The molecular formula is C12H20N4O2S. The quantitative estimate of drug-likeness (QED) is 0.868. The molecule has 6 nitrogen and oxygen atoms in total. The molecule has 1 aromatic heterocycles. The molecule has 19 heavy (non-hydrogen) atoms. The van der Waals surface area contributed by atoms with Crippen LogP contribution in [0.5, 0.6) is 0 Å². The largest absolute Gasteiger partial charge is 0.398 e. The van der Waals surface area contributed by atoms with Gasteiger partial charge in [-0.05, 0) is 32.5 Å². The number of likely N-dealkylation sites (N-methyl/N-ethyl adjacent to an activating group) is 2. The zero-order valence-electron chi connectivity index (χ0n) is 11.3. The fourth-order valence-electron chi connectivity index (χ4n) is 2.39. The van der Waals surface area contributed by atoms with Crippen molar-refractivity contribution in [3.8, 4) is 0 Å². The highest BCUT2D eigenvalue weighted by Crippen LogP contribution is 2.24. The molecule has 2 rings (SSSR count). The van der Waals surface area contributed by atoms with Gasteiger partial charge >= 0.3 is 0 Å². The number of sulfonamides is 1. The summed E-state index contributed by atoms with van der Waals surface area (Å²) < 4.78 is 26.5. The Kier molecular flexibility index (Phi) is 4.07. The molecule has 0 aliphatic carbocycles. The minimum Gasteiger partial charge on any atom is -0.398 e. The molecule has 1 aliphatic heterocycles. The summed E-state index contributed by atoms with van der Waals surface area (Å²) in [6.45, 7) is 1.76. The highest BCUT2D eigenvalue weighted by molar-refractivity contribution is 7.89. The van der Waals surface area contributed by atoms with Gasteiger partial charge in [-0.25, -0.2) is 8.42 Å². The first-order valence-corrected chi connectivity index (χ1v) is 7.73. The fraction of sp³-hybridized carbons (Fsp3) is 0.583. The summed E-state index contributed by atoms with van der Waals surface area (Å²) in [5, 5.41) is 0. The van der Waals surface area contributed by atoms with Crippen molar-refractivity contribution < 1.29 is 8.42 Å². The van der Waals surface area contributed by atoms with Crippen LogP contribution in [-0.4, -0.2) is 55.8 Å². The van der Waals surface area contributed by atoms with Crippen molar-refractivity contribution in [3.63, 3.8) is 0 Å². The SMILES string of the molecule is CN1CCCC(N(C)S(=O)(=O)c2cnccc2N)C1. The lowest BCUT2D eigenvalue weighted by Crippen LogP contribution is -2.47. The van der Waals surface area contributed by atoms with Crippen molar-refractivity contribution in [1.82, 2.24) is 14.2 Å². The maximum absolute atomic E-state index is 12.5.